The number of hydrogen-bond donors (Lipinski definition) is 0. The van der Waals surface area contributed by atoms with Crippen LogP contribution in [0.5, 0.6) is 0 Å². The highest BCUT2D eigenvalue weighted by Gasteiger charge is 2.23. The molecule has 30 heavy (non-hydrogen) atoms. The SMILES string of the molecule is C(=N[C@H](c1ccccc1)[C@H](N=Cc1ccccc1)c1ccccc1)c1ccccc1. The summed E-state index contributed by atoms with van der Waals surface area (Å²) in [6.07, 6.45) is 3.90. The van der Waals surface area contributed by atoms with E-state index in [0.29, 0.717) is 0 Å². The van der Waals surface area contributed by atoms with Gasteiger partial charge in [0.1, 0.15) is 12.1 Å². The number of nitrogens with zero attached hydrogens (tertiary/aromatic N) is 2. The standard InChI is InChI=1S/C28H24N2/c1-5-13-23(14-6-1)21-29-27(25-17-9-3-10-18-25)28(26-19-11-4-12-20-26)30-22-24-15-7-2-8-16-24/h1-22,27-28H/t27-,28-/m1/s1. The van der Waals surface area contributed by atoms with Crippen LogP contribution in [0.1, 0.15) is 34.3 Å². The second kappa shape index (κ2) is 10.1. The van der Waals surface area contributed by atoms with Gasteiger partial charge in [-0.05, 0) is 22.3 Å². The molecule has 0 aliphatic carbocycles. The van der Waals surface area contributed by atoms with E-state index < -0.39 is 0 Å². The first-order valence-corrected chi connectivity index (χ1v) is 10.2. The van der Waals surface area contributed by atoms with Crippen molar-refractivity contribution in [1.29, 1.82) is 0 Å². The highest BCUT2D eigenvalue weighted by atomic mass is 14.9. The Bertz CT molecular complexity index is 982. The van der Waals surface area contributed by atoms with E-state index in [1.165, 1.54) is 0 Å². The molecule has 146 valence electrons. The van der Waals surface area contributed by atoms with Gasteiger partial charge in [-0.1, -0.05) is 121 Å². The highest BCUT2D eigenvalue weighted by Crippen LogP contribution is 2.35. The van der Waals surface area contributed by atoms with Gasteiger partial charge >= 0.3 is 0 Å². The molecule has 0 fully saturated rings. The maximum absolute atomic E-state index is 5.01. The lowest BCUT2D eigenvalue weighted by atomic mass is 9.94. The summed E-state index contributed by atoms with van der Waals surface area (Å²) in [4.78, 5) is 10.0. The smallest absolute Gasteiger partial charge is 0.101 e. The van der Waals surface area contributed by atoms with E-state index in [-0.39, 0.29) is 12.1 Å². The third-order valence-corrected chi connectivity index (χ3v) is 4.95. The van der Waals surface area contributed by atoms with E-state index in [1.807, 2.05) is 61.0 Å². The third-order valence-electron chi connectivity index (χ3n) is 4.95. The molecule has 0 aromatic heterocycles. The molecule has 4 rings (SSSR count). The Morgan fingerprint density at radius 2 is 0.700 bits per heavy atom. The van der Waals surface area contributed by atoms with Crippen LogP contribution in [0.4, 0.5) is 0 Å². The normalized spacial score (nSPS) is 13.5. The molecule has 2 nitrogen and oxygen atoms in total. The zero-order chi connectivity index (χ0) is 20.4. The maximum Gasteiger partial charge on any atom is 0.101 e. The lowest BCUT2D eigenvalue weighted by molar-refractivity contribution is 0.583. The van der Waals surface area contributed by atoms with E-state index in [4.69, 9.17) is 9.98 Å². The summed E-state index contributed by atoms with van der Waals surface area (Å²) >= 11 is 0. The highest BCUT2D eigenvalue weighted by molar-refractivity contribution is 5.80. The van der Waals surface area contributed by atoms with Gasteiger partial charge < -0.3 is 0 Å². The van der Waals surface area contributed by atoms with E-state index in [9.17, 15) is 0 Å². The first-order valence-electron chi connectivity index (χ1n) is 10.2. The molecule has 0 bridgehead atoms. The van der Waals surface area contributed by atoms with Crippen molar-refractivity contribution in [3.63, 3.8) is 0 Å². The first kappa shape index (κ1) is 19.5. The van der Waals surface area contributed by atoms with Crippen molar-refractivity contribution >= 4 is 12.4 Å². The van der Waals surface area contributed by atoms with Crippen molar-refractivity contribution in [3.05, 3.63) is 144 Å². The van der Waals surface area contributed by atoms with Crippen LogP contribution in [0.2, 0.25) is 0 Å². The Morgan fingerprint density at radius 1 is 0.400 bits per heavy atom. The number of benzene rings is 4. The second-order valence-electron chi connectivity index (χ2n) is 7.09. The molecule has 0 spiro atoms. The largest absolute Gasteiger partial charge is 0.282 e. The molecule has 2 heteroatoms. The molecule has 0 N–H and O–H groups in total. The van der Waals surface area contributed by atoms with Crippen LogP contribution in [0.3, 0.4) is 0 Å². The summed E-state index contributed by atoms with van der Waals surface area (Å²) in [7, 11) is 0. The molecular formula is C28H24N2. The molecule has 0 radical (unpaired) electrons. The van der Waals surface area contributed by atoms with Gasteiger partial charge in [-0.25, -0.2) is 0 Å². The van der Waals surface area contributed by atoms with Crippen LogP contribution in [0.15, 0.2) is 131 Å². The van der Waals surface area contributed by atoms with E-state index >= 15 is 0 Å². The third kappa shape index (κ3) is 5.18. The number of aliphatic imine (C=N–C) groups is 2. The van der Waals surface area contributed by atoms with Gasteiger partial charge in [0.05, 0.1) is 0 Å². The fourth-order valence-corrected chi connectivity index (χ4v) is 3.41. The van der Waals surface area contributed by atoms with Crippen LogP contribution in [0, 0.1) is 0 Å². The van der Waals surface area contributed by atoms with Crippen molar-refractivity contribution in [3.8, 4) is 0 Å². The molecule has 0 amide bonds. The monoisotopic (exact) mass is 388 g/mol. The molecule has 0 saturated carbocycles. The Kier molecular flexibility index (Phi) is 6.59. The molecule has 0 unspecified atom stereocenters. The topological polar surface area (TPSA) is 24.7 Å². The van der Waals surface area contributed by atoms with Crippen molar-refractivity contribution in [1.82, 2.24) is 0 Å². The van der Waals surface area contributed by atoms with E-state index in [2.05, 4.69) is 72.8 Å². The molecule has 0 saturated heterocycles. The second-order valence-corrected chi connectivity index (χ2v) is 7.09. The van der Waals surface area contributed by atoms with Crippen molar-refractivity contribution in [2.24, 2.45) is 9.98 Å². The summed E-state index contributed by atoms with van der Waals surface area (Å²) < 4.78 is 0. The van der Waals surface area contributed by atoms with Crippen molar-refractivity contribution in [2.45, 2.75) is 12.1 Å². The fraction of sp³-hybridized carbons (Fsp3) is 0.0714. The number of rotatable bonds is 7. The molecular weight excluding hydrogens is 364 g/mol. The van der Waals surface area contributed by atoms with Crippen LogP contribution in [0.25, 0.3) is 0 Å². The van der Waals surface area contributed by atoms with Gasteiger partial charge in [0, 0.05) is 12.4 Å². The predicted molar refractivity (Wildman–Crippen MR) is 126 cm³/mol. The predicted octanol–water partition coefficient (Wildman–Crippen LogP) is 6.71. The Labute approximate surface area is 178 Å². The lowest BCUT2D eigenvalue weighted by Gasteiger charge is -2.22. The van der Waals surface area contributed by atoms with Gasteiger partial charge in [-0.2, -0.15) is 0 Å². The summed E-state index contributed by atoms with van der Waals surface area (Å²) in [5, 5.41) is 0. The molecule has 0 heterocycles. The Morgan fingerprint density at radius 3 is 1.03 bits per heavy atom. The minimum Gasteiger partial charge on any atom is -0.282 e. The lowest BCUT2D eigenvalue weighted by Crippen LogP contribution is -2.09. The molecule has 4 aromatic rings. The van der Waals surface area contributed by atoms with Crippen LogP contribution < -0.4 is 0 Å². The molecule has 0 aliphatic heterocycles. The van der Waals surface area contributed by atoms with Crippen molar-refractivity contribution < 1.29 is 0 Å². The minimum atomic E-state index is -0.131. The Balaban J connectivity index is 1.76. The summed E-state index contributed by atoms with van der Waals surface area (Å²) in [6, 6.07) is 41.0. The van der Waals surface area contributed by atoms with Crippen LogP contribution >= 0.6 is 0 Å². The fourth-order valence-electron chi connectivity index (χ4n) is 3.41. The van der Waals surface area contributed by atoms with Gasteiger partial charge in [0.2, 0.25) is 0 Å². The van der Waals surface area contributed by atoms with E-state index in [0.717, 1.165) is 22.3 Å². The van der Waals surface area contributed by atoms with E-state index in [1.54, 1.807) is 0 Å². The van der Waals surface area contributed by atoms with Crippen molar-refractivity contribution in [2.75, 3.05) is 0 Å². The Hall–Kier alpha value is -3.78. The van der Waals surface area contributed by atoms with Gasteiger partial charge in [0.15, 0.2) is 0 Å². The van der Waals surface area contributed by atoms with Gasteiger partial charge in [-0.3, -0.25) is 9.98 Å². The average molecular weight is 389 g/mol. The summed E-state index contributed by atoms with van der Waals surface area (Å²) in [5.41, 5.74) is 4.45. The van der Waals surface area contributed by atoms with Crippen LogP contribution in [-0.2, 0) is 0 Å². The van der Waals surface area contributed by atoms with Gasteiger partial charge in [0.25, 0.3) is 0 Å². The van der Waals surface area contributed by atoms with Gasteiger partial charge in [-0.15, -0.1) is 0 Å². The average Bonchev–Trinajstić information content (AvgIpc) is 2.83. The molecule has 4 aromatic carbocycles. The molecule has 0 aliphatic rings. The number of hydrogen-bond acceptors (Lipinski definition) is 2. The zero-order valence-electron chi connectivity index (χ0n) is 16.8. The van der Waals surface area contributed by atoms with Crippen LogP contribution in [-0.4, -0.2) is 12.4 Å². The quantitative estimate of drug-likeness (QED) is 0.314. The zero-order valence-corrected chi connectivity index (χ0v) is 16.8. The minimum absolute atomic E-state index is 0.131. The molecule has 2 atom stereocenters. The summed E-state index contributed by atoms with van der Waals surface area (Å²) in [6.45, 7) is 0. The maximum atomic E-state index is 5.01. The first-order chi connectivity index (χ1) is 14.9. The summed E-state index contributed by atoms with van der Waals surface area (Å²) in [5.74, 6) is 0.